The first-order valence-electron chi connectivity index (χ1n) is 9.42. The summed E-state index contributed by atoms with van der Waals surface area (Å²) in [5.74, 6) is -3.31. The van der Waals surface area contributed by atoms with Crippen molar-refractivity contribution in [2.24, 2.45) is 11.5 Å². The molecule has 168 valence electrons. The number of rotatable bonds is 14. The van der Waals surface area contributed by atoms with Crippen molar-refractivity contribution in [3.05, 3.63) is 18.2 Å². The van der Waals surface area contributed by atoms with Crippen LogP contribution < -0.4 is 27.4 Å². The summed E-state index contributed by atoms with van der Waals surface area (Å²) in [5.41, 5.74) is 11.3. The van der Waals surface area contributed by atoms with Crippen molar-refractivity contribution in [3.8, 4) is 0 Å². The number of aliphatic carboxylic acids is 1. The number of imidazole rings is 1. The van der Waals surface area contributed by atoms with Gasteiger partial charge in [-0.1, -0.05) is 0 Å². The molecule has 3 atom stereocenters. The lowest BCUT2D eigenvalue weighted by Crippen LogP contribution is -2.54. The molecule has 3 unspecified atom stereocenters. The number of unbranched alkanes of at least 4 members (excludes halogenated alkanes) is 1. The van der Waals surface area contributed by atoms with Crippen molar-refractivity contribution in [1.29, 1.82) is 0 Å². The molecular weight excluding hydrogens is 398 g/mol. The number of nitrogens with zero attached hydrogens (tertiary/aromatic N) is 1. The minimum absolute atomic E-state index is 0.0246. The third kappa shape index (κ3) is 8.98. The molecule has 30 heavy (non-hydrogen) atoms. The summed E-state index contributed by atoms with van der Waals surface area (Å²) in [5, 5.41) is 25.3. The van der Waals surface area contributed by atoms with E-state index in [4.69, 9.17) is 16.6 Å². The lowest BCUT2D eigenvalue weighted by atomic mass is 10.1. The summed E-state index contributed by atoms with van der Waals surface area (Å²) < 4.78 is 0. The van der Waals surface area contributed by atoms with E-state index >= 15 is 0 Å². The van der Waals surface area contributed by atoms with E-state index in [1.807, 2.05) is 0 Å². The van der Waals surface area contributed by atoms with Crippen LogP contribution in [0.25, 0.3) is 0 Å². The van der Waals surface area contributed by atoms with Gasteiger partial charge in [0.05, 0.1) is 19.5 Å². The lowest BCUT2D eigenvalue weighted by molar-refractivity contribution is -0.142. The summed E-state index contributed by atoms with van der Waals surface area (Å²) in [6, 6.07) is -3.42. The molecule has 0 aliphatic heterocycles. The topological polar surface area (TPSA) is 226 Å². The fourth-order valence-electron chi connectivity index (χ4n) is 2.47. The highest BCUT2D eigenvalue weighted by molar-refractivity contribution is 5.92. The average Bonchev–Trinajstić information content (AvgIpc) is 3.23. The van der Waals surface area contributed by atoms with Crippen LogP contribution in [0.15, 0.2) is 12.5 Å². The zero-order chi connectivity index (χ0) is 22.5. The van der Waals surface area contributed by atoms with Crippen LogP contribution in [0.2, 0.25) is 0 Å². The number of aromatic amines is 1. The first-order chi connectivity index (χ1) is 14.3. The molecular formula is C17H29N7O6. The van der Waals surface area contributed by atoms with Crippen molar-refractivity contribution in [2.75, 3.05) is 19.7 Å². The smallest absolute Gasteiger partial charge is 0.326 e. The van der Waals surface area contributed by atoms with E-state index in [0.717, 1.165) is 0 Å². The van der Waals surface area contributed by atoms with Gasteiger partial charge in [-0.3, -0.25) is 14.4 Å². The largest absolute Gasteiger partial charge is 0.480 e. The monoisotopic (exact) mass is 427 g/mol. The van der Waals surface area contributed by atoms with Crippen molar-refractivity contribution >= 4 is 23.7 Å². The maximum Gasteiger partial charge on any atom is 0.326 e. The van der Waals surface area contributed by atoms with E-state index in [0.29, 0.717) is 25.1 Å². The maximum absolute atomic E-state index is 12.7. The molecule has 0 saturated heterocycles. The molecule has 0 saturated carbocycles. The highest BCUT2D eigenvalue weighted by atomic mass is 16.4. The molecule has 3 amide bonds. The predicted molar refractivity (Wildman–Crippen MR) is 105 cm³/mol. The molecule has 13 heteroatoms. The number of carboxylic acid groups (broad SMARTS) is 1. The SMILES string of the molecule is NCCCCC(NC(=O)C(Cc1cnc[nH]1)NC(=O)CNC(=O)C(N)CO)C(=O)O. The Kier molecular flexibility index (Phi) is 11.0. The van der Waals surface area contributed by atoms with Gasteiger partial charge < -0.3 is 42.6 Å². The molecule has 13 nitrogen and oxygen atoms in total. The zero-order valence-corrected chi connectivity index (χ0v) is 16.5. The Balaban J connectivity index is 2.76. The van der Waals surface area contributed by atoms with Gasteiger partial charge in [0, 0.05) is 18.3 Å². The Morgan fingerprint density at radius 3 is 2.43 bits per heavy atom. The van der Waals surface area contributed by atoms with Crippen LogP contribution in [0.4, 0.5) is 0 Å². The van der Waals surface area contributed by atoms with Gasteiger partial charge in [-0.2, -0.15) is 0 Å². The van der Waals surface area contributed by atoms with Crippen LogP contribution in [0, 0.1) is 0 Å². The van der Waals surface area contributed by atoms with Crippen LogP contribution in [-0.4, -0.2) is 81.7 Å². The summed E-state index contributed by atoms with van der Waals surface area (Å²) in [6.45, 7) is -0.651. The lowest BCUT2D eigenvalue weighted by Gasteiger charge is -2.21. The molecule has 0 aliphatic rings. The van der Waals surface area contributed by atoms with Gasteiger partial charge in [0.2, 0.25) is 17.7 Å². The fourth-order valence-corrected chi connectivity index (χ4v) is 2.47. The molecule has 1 aromatic rings. The number of aliphatic hydroxyl groups is 1. The maximum atomic E-state index is 12.7. The van der Waals surface area contributed by atoms with Gasteiger partial charge in [-0.05, 0) is 25.8 Å². The normalized spacial score (nSPS) is 13.7. The number of aromatic nitrogens is 2. The molecule has 0 spiro atoms. The minimum Gasteiger partial charge on any atom is -0.480 e. The molecule has 0 aliphatic carbocycles. The Bertz CT molecular complexity index is 697. The van der Waals surface area contributed by atoms with Crippen LogP contribution in [-0.2, 0) is 25.6 Å². The Morgan fingerprint density at radius 2 is 1.87 bits per heavy atom. The van der Waals surface area contributed by atoms with E-state index in [9.17, 15) is 24.3 Å². The van der Waals surface area contributed by atoms with E-state index in [2.05, 4.69) is 25.9 Å². The second-order valence-electron chi connectivity index (χ2n) is 6.59. The number of carbonyl (C=O) groups excluding carboxylic acids is 3. The number of nitrogens with two attached hydrogens (primary N) is 2. The van der Waals surface area contributed by atoms with Crippen molar-refractivity contribution in [3.63, 3.8) is 0 Å². The van der Waals surface area contributed by atoms with Gasteiger partial charge >= 0.3 is 5.97 Å². The molecule has 1 aromatic heterocycles. The number of aliphatic hydroxyl groups excluding tert-OH is 1. The molecule has 0 radical (unpaired) electrons. The number of H-pyrrole nitrogens is 1. The average molecular weight is 427 g/mol. The van der Waals surface area contributed by atoms with Crippen LogP contribution in [0.3, 0.4) is 0 Å². The first-order valence-corrected chi connectivity index (χ1v) is 9.42. The standard InChI is InChI=1S/C17H29N7O6/c18-4-2-1-3-12(17(29)30)24-16(28)13(5-10-6-20-9-22-10)23-14(26)7-21-15(27)11(19)8-25/h6,9,11-13,25H,1-5,7-8,18-19H2,(H,20,22)(H,21,27)(H,23,26)(H,24,28)(H,29,30). The molecule has 0 bridgehead atoms. The summed E-state index contributed by atoms with van der Waals surface area (Å²) in [6.07, 6.45) is 4.21. The molecule has 10 N–H and O–H groups in total. The van der Waals surface area contributed by atoms with E-state index in [1.165, 1.54) is 12.5 Å². The van der Waals surface area contributed by atoms with Crippen LogP contribution in [0.5, 0.6) is 0 Å². The van der Waals surface area contributed by atoms with E-state index in [1.54, 1.807) is 0 Å². The Morgan fingerprint density at radius 1 is 1.13 bits per heavy atom. The predicted octanol–water partition coefficient (Wildman–Crippen LogP) is -3.43. The van der Waals surface area contributed by atoms with Crippen LogP contribution >= 0.6 is 0 Å². The number of carbonyl (C=O) groups is 4. The number of carboxylic acids is 1. The number of amides is 3. The number of hydrogen-bond donors (Lipinski definition) is 8. The quantitative estimate of drug-likeness (QED) is 0.138. The van der Waals surface area contributed by atoms with Gasteiger partial charge in [-0.25, -0.2) is 9.78 Å². The fraction of sp³-hybridized carbons (Fsp3) is 0.588. The minimum atomic E-state index is -1.20. The molecule has 0 aromatic carbocycles. The third-order valence-corrected chi connectivity index (χ3v) is 4.15. The third-order valence-electron chi connectivity index (χ3n) is 4.15. The summed E-state index contributed by atoms with van der Waals surface area (Å²) >= 11 is 0. The highest BCUT2D eigenvalue weighted by Crippen LogP contribution is 2.04. The van der Waals surface area contributed by atoms with Crippen molar-refractivity contribution < 1.29 is 29.4 Å². The molecule has 0 fully saturated rings. The molecule has 1 rings (SSSR count). The molecule has 1 heterocycles. The van der Waals surface area contributed by atoms with Crippen molar-refractivity contribution in [2.45, 2.75) is 43.8 Å². The first kappa shape index (κ1) is 25.0. The summed E-state index contributed by atoms with van der Waals surface area (Å²) in [7, 11) is 0. The van der Waals surface area contributed by atoms with Gasteiger partial charge in [0.15, 0.2) is 0 Å². The van der Waals surface area contributed by atoms with Crippen molar-refractivity contribution in [1.82, 2.24) is 25.9 Å². The van der Waals surface area contributed by atoms with Gasteiger partial charge in [-0.15, -0.1) is 0 Å². The van der Waals surface area contributed by atoms with E-state index in [-0.39, 0.29) is 12.8 Å². The number of nitrogens with one attached hydrogen (secondary N) is 4. The second kappa shape index (κ2) is 13.2. The van der Waals surface area contributed by atoms with Gasteiger partial charge in [0.1, 0.15) is 18.1 Å². The zero-order valence-electron chi connectivity index (χ0n) is 16.5. The van der Waals surface area contributed by atoms with Crippen LogP contribution in [0.1, 0.15) is 25.0 Å². The summed E-state index contributed by atoms with van der Waals surface area (Å²) in [4.78, 5) is 54.5. The number of hydrogen-bond acceptors (Lipinski definition) is 8. The second-order valence-corrected chi connectivity index (χ2v) is 6.59. The highest BCUT2D eigenvalue weighted by Gasteiger charge is 2.27. The Hall–Kier alpha value is -3.03. The van der Waals surface area contributed by atoms with Gasteiger partial charge in [0.25, 0.3) is 0 Å². The van der Waals surface area contributed by atoms with E-state index < -0.39 is 55.0 Å². The Labute approximate surface area is 173 Å².